The summed E-state index contributed by atoms with van der Waals surface area (Å²) in [6, 6.07) is 17.2. The number of benzene rings is 2. The first-order chi connectivity index (χ1) is 15.6. The van der Waals surface area contributed by atoms with Crippen LogP contribution in [0.1, 0.15) is 24.1 Å². The van der Waals surface area contributed by atoms with Gasteiger partial charge in [0.1, 0.15) is 12.2 Å². The van der Waals surface area contributed by atoms with E-state index in [1.165, 1.54) is 5.56 Å². The molecule has 0 saturated carbocycles. The van der Waals surface area contributed by atoms with Gasteiger partial charge in [0.05, 0.1) is 6.04 Å². The van der Waals surface area contributed by atoms with Crippen molar-refractivity contribution < 1.29 is 18.8 Å². The molecule has 3 heterocycles. The van der Waals surface area contributed by atoms with Crippen molar-refractivity contribution in [2.24, 2.45) is 0 Å². The Bertz CT molecular complexity index is 1260. The summed E-state index contributed by atoms with van der Waals surface area (Å²) in [6.07, 6.45) is 1.82. The Hall–Kier alpha value is -4.07. The number of aryl methyl sites for hydroxylation is 1. The highest BCUT2D eigenvalue weighted by molar-refractivity contribution is 5.77. The molecule has 0 aliphatic carbocycles. The highest BCUT2D eigenvalue weighted by Gasteiger charge is 2.19. The number of hydrogen-bond donors (Lipinski definition) is 1. The van der Waals surface area contributed by atoms with Gasteiger partial charge in [-0.1, -0.05) is 35.0 Å². The van der Waals surface area contributed by atoms with E-state index in [4.69, 9.17) is 14.0 Å². The van der Waals surface area contributed by atoms with E-state index in [0.29, 0.717) is 28.9 Å². The molecular formula is C24H22N4O4. The van der Waals surface area contributed by atoms with Crippen molar-refractivity contribution in [1.82, 2.24) is 20.0 Å². The molecule has 32 heavy (non-hydrogen) atoms. The molecule has 2 aromatic heterocycles. The van der Waals surface area contributed by atoms with Gasteiger partial charge in [-0.05, 0) is 49.7 Å². The third kappa shape index (κ3) is 3.94. The quantitative estimate of drug-likeness (QED) is 0.495. The van der Waals surface area contributed by atoms with Crippen molar-refractivity contribution in [2.45, 2.75) is 26.4 Å². The number of aromatic nitrogens is 3. The summed E-state index contributed by atoms with van der Waals surface area (Å²) in [7, 11) is 0. The van der Waals surface area contributed by atoms with E-state index in [-0.39, 0.29) is 25.3 Å². The number of amides is 1. The minimum Gasteiger partial charge on any atom is -0.454 e. The van der Waals surface area contributed by atoms with Crippen LogP contribution in [0.25, 0.3) is 23.0 Å². The number of nitrogens with zero attached hydrogens (tertiary/aromatic N) is 3. The molecular weight excluding hydrogens is 408 g/mol. The van der Waals surface area contributed by atoms with Gasteiger partial charge < -0.3 is 23.9 Å². The van der Waals surface area contributed by atoms with Gasteiger partial charge in [-0.2, -0.15) is 4.98 Å². The SMILES string of the molecule is Cc1ccc([C@H](C)NC(=O)Cn2cccc2-c2nc(-c3ccc4c(c3)OCO4)no2)cc1. The van der Waals surface area contributed by atoms with Gasteiger partial charge in [-0.3, -0.25) is 4.79 Å². The largest absolute Gasteiger partial charge is 0.454 e. The first kappa shape index (κ1) is 19.9. The summed E-state index contributed by atoms with van der Waals surface area (Å²) >= 11 is 0. The van der Waals surface area contributed by atoms with Crippen LogP contribution in [-0.2, 0) is 11.3 Å². The molecule has 4 aromatic rings. The molecule has 1 aliphatic rings. The highest BCUT2D eigenvalue weighted by Crippen LogP contribution is 2.35. The van der Waals surface area contributed by atoms with Gasteiger partial charge in [-0.15, -0.1) is 0 Å². The molecule has 5 rings (SSSR count). The number of hydrogen-bond acceptors (Lipinski definition) is 6. The minimum atomic E-state index is -0.106. The van der Waals surface area contributed by atoms with Gasteiger partial charge in [-0.25, -0.2) is 0 Å². The van der Waals surface area contributed by atoms with E-state index < -0.39 is 0 Å². The molecule has 0 radical (unpaired) electrons. The zero-order valence-corrected chi connectivity index (χ0v) is 17.7. The molecule has 0 unspecified atom stereocenters. The average Bonchev–Trinajstić information content (AvgIpc) is 3.53. The number of carbonyl (C=O) groups is 1. The first-order valence-corrected chi connectivity index (χ1v) is 10.3. The molecule has 1 amide bonds. The summed E-state index contributed by atoms with van der Waals surface area (Å²) in [6.45, 7) is 4.35. The Balaban J connectivity index is 1.30. The number of ether oxygens (including phenoxy) is 2. The van der Waals surface area contributed by atoms with Crippen molar-refractivity contribution in [3.8, 4) is 34.5 Å². The van der Waals surface area contributed by atoms with Crippen LogP contribution in [0.15, 0.2) is 65.3 Å². The fourth-order valence-electron chi connectivity index (χ4n) is 3.61. The second-order valence-electron chi connectivity index (χ2n) is 7.71. The summed E-state index contributed by atoms with van der Waals surface area (Å²) in [4.78, 5) is 17.2. The molecule has 0 spiro atoms. The number of carbonyl (C=O) groups excluding carboxylic acids is 1. The number of nitrogens with one attached hydrogen (secondary N) is 1. The second-order valence-corrected chi connectivity index (χ2v) is 7.71. The Labute approximate surface area is 184 Å². The lowest BCUT2D eigenvalue weighted by Gasteiger charge is -2.15. The van der Waals surface area contributed by atoms with Crippen LogP contribution < -0.4 is 14.8 Å². The first-order valence-electron chi connectivity index (χ1n) is 10.3. The van der Waals surface area contributed by atoms with Crippen LogP contribution >= 0.6 is 0 Å². The van der Waals surface area contributed by atoms with Crippen molar-refractivity contribution in [3.63, 3.8) is 0 Å². The standard InChI is InChI=1S/C24H22N4O4/c1-15-5-7-17(8-6-15)16(2)25-22(29)13-28-11-3-4-19(28)24-26-23(27-32-24)18-9-10-20-21(12-18)31-14-30-20/h3-12,16H,13-14H2,1-2H3,(H,25,29)/t16-/m0/s1. The Morgan fingerprint density at radius 1 is 1.12 bits per heavy atom. The Morgan fingerprint density at radius 2 is 1.94 bits per heavy atom. The van der Waals surface area contributed by atoms with Crippen LogP contribution in [-0.4, -0.2) is 27.4 Å². The molecule has 1 atom stereocenters. The van der Waals surface area contributed by atoms with Gasteiger partial charge in [0.25, 0.3) is 5.89 Å². The van der Waals surface area contributed by atoms with Crippen LogP contribution in [0.2, 0.25) is 0 Å². The molecule has 0 bridgehead atoms. The molecule has 2 aromatic carbocycles. The van der Waals surface area contributed by atoms with Gasteiger partial charge >= 0.3 is 0 Å². The normalized spacial score (nSPS) is 13.2. The minimum absolute atomic E-state index is 0.0943. The van der Waals surface area contributed by atoms with Crippen molar-refractivity contribution in [1.29, 1.82) is 0 Å². The van der Waals surface area contributed by atoms with E-state index in [1.54, 1.807) is 4.57 Å². The van der Waals surface area contributed by atoms with Crippen LogP contribution in [0.5, 0.6) is 11.5 Å². The van der Waals surface area contributed by atoms with Crippen molar-refractivity contribution >= 4 is 5.91 Å². The number of fused-ring (bicyclic) bond motifs is 1. The fourth-order valence-corrected chi connectivity index (χ4v) is 3.61. The summed E-state index contributed by atoms with van der Waals surface area (Å²) in [5, 5.41) is 7.12. The van der Waals surface area contributed by atoms with E-state index >= 15 is 0 Å². The Kier molecular flexibility index (Phi) is 5.10. The maximum Gasteiger partial charge on any atom is 0.274 e. The van der Waals surface area contributed by atoms with Crippen LogP contribution in [0.3, 0.4) is 0 Å². The molecule has 0 fully saturated rings. The summed E-state index contributed by atoms with van der Waals surface area (Å²) < 4.78 is 18.0. The van der Waals surface area contributed by atoms with E-state index in [1.807, 2.05) is 74.6 Å². The maximum atomic E-state index is 12.7. The number of rotatable bonds is 6. The monoisotopic (exact) mass is 430 g/mol. The van der Waals surface area contributed by atoms with E-state index in [2.05, 4.69) is 15.5 Å². The van der Waals surface area contributed by atoms with Crippen LogP contribution in [0, 0.1) is 6.92 Å². The lowest BCUT2D eigenvalue weighted by Crippen LogP contribution is -2.30. The third-order valence-electron chi connectivity index (χ3n) is 5.37. The summed E-state index contributed by atoms with van der Waals surface area (Å²) in [5.41, 5.74) is 3.67. The predicted octanol–water partition coefficient (Wildman–Crippen LogP) is 4.12. The lowest BCUT2D eigenvalue weighted by molar-refractivity contribution is -0.122. The Morgan fingerprint density at radius 3 is 2.78 bits per heavy atom. The van der Waals surface area contributed by atoms with E-state index in [0.717, 1.165) is 11.1 Å². The summed E-state index contributed by atoms with van der Waals surface area (Å²) in [5.74, 6) is 2.00. The zero-order valence-electron chi connectivity index (χ0n) is 17.7. The third-order valence-corrected chi connectivity index (χ3v) is 5.37. The van der Waals surface area contributed by atoms with Crippen molar-refractivity contribution in [2.75, 3.05) is 6.79 Å². The molecule has 8 nitrogen and oxygen atoms in total. The highest BCUT2D eigenvalue weighted by atomic mass is 16.7. The average molecular weight is 430 g/mol. The second kappa shape index (κ2) is 8.22. The maximum absolute atomic E-state index is 12.7. The smallest absolute Gasteiger partial charge is 0.274 e. The molecule has 1 N–H and O–H groups in total. The fraction of sp³-hybridized carbons (Fsp3) is 0.208. The molecule has 8 heteroatoms. The van der Waals surface area contributed by atoms with Gasteiger partial charge in [0.2, 0.25) is 18.5 Å². The molecule has 162 valence electrons. The topological polar surface area (TPSA) is 91.4 Å². The molecule has 0 saturated heterocycles. The van der Waals surface area contributed by atoms with Crippen LogP contribution in [0.4, 0.5) is 0 Å². The molecule has 1 aliphatic heterocycles. The zero-order chi connectivity index (χ0) is 22.1. The van der Waals surface area contributed by atoms with Crippen molar-refractivity contribution in [3.05, 3.63) is 71.9 Å². The van der Waals surface area contributed by atoms with Gasteiger partial charge in [0, 0.05) is 11.8 Å². The predicted molar refractivity (Wildman–Crippen MR) is 117 cm³/mol. The lowest BCUT2D eigenvalue weighted by atomic mass is 10.1. The van der Waals surface area contributed by atoms with Gasteiger partial charge in [0.15, 0.2) is 11.5 Å². The van der Waals surface area contributed by atoms with E-state index in [9.17, 15) is 4.79 Å².